The minimum Gasteiger partial charge on any atom is -0.361 e. The highest BCUT2D eigenvalue weighted by atomic mass is 32.2. The van der Waals surface area contributed by atoms with Crippen LogP contribution >= 0.6 is 23.1 Å². The lowest BCUT2D eigenvalue weighted by Gasteiger charge is -2.34. The van der Waals surface area contributed by atoms with Crippen LogP contribution in [0.1, 0.15) is 22.0 Å². The summed E-state index contributed by atoms with van der Waals surface area (Å²) in [6.07, 6.45) is 0. The maximum atomic E-state index is 5.19. The van der Waals surface area contributed by atoms with Crippen molar-refractivity contribution in [2.45, 2.75) is 30.7 Å². The number of hydrogen-bond donors (Lipinski definition) is 0. The fourth-order valence-electron chi connectivity index (χ4n) is 3.94. The third-order valence-corrected chi connectivity index (χ3v) is 7.75. The fourth-order valence-corrected chi connectivity index (χ4v) is 5.88. The number of para-hydroxylation sites is 1. The first kappa shape index (κ1) is 20.7. The van der Waals surface area contributed by atoms with Crippen molar-refractivity contribution < 1.29 is 4.52 Å². The van der Waals surface area contributed by atoms with Crippen LogP contribution in [0.2, 0.25) is 0 Å². The Bertz CT molecular complexity index is 1110. The molecule has 0 spiro atoms. The highest BCUT2D eigenvalue weighted by Crippen LogP contribution is 2.28. The molecule has 3 heterocycles. The Hall–Kier alpha value is -2.19. The van der Waals surface area contributed by atoms with Gasteiger partial charge in [0.05, 0.1) is 22.5 Å². The summed E-state index contributed by atoms with van der Waals surface area (Å²) in [6, 6.07) is 19.2. The highest BCUT2D eigenvalue weighted by molar-refractivity contribution is 7.98. The van der Waals surface area contributed by atoms with Crippen LogP contribution in [0.25, 0.3) is 10.2 Å². The number of aryl methyl sites for hydroxylation is 1. The van der Waals surface area contributed by atoms with Gasteiger partial charge in [0.15, 0.2) is 0 Å². The van der Waals surface area contributed by atoms with E-state index in [1.54, 1.807) is 0 Å². The fraction of sp³-hybridized carbons (Fsp3) is 0.333. The average molecular weight is 451 g/mol. The van der Waals surface area contributed by atoms with Gasteiger partial charge >= 0.3 is 0 Å². The van der Waals surface area contributed by atoms with Crippen molar-refractivity contribution >= 4 is 33.3 Å². The van der Waals surface area contributed by atoms with Gasteiger partial charge in [0.25, 0.3) is 0 Å². The smallest absolute Gasteiger partial charge is 0.133 e. The van der Waals surface area contributed by atoms with Crippen molar-refractivity contribution in [1.82, 2.24) is 19.9 Å². The van der Waals surface area contributed by atoms with Crippen LogP contribution in [0.15, 0.2) is 64.0 Å². The Labute approximate surface area is 191 Å². The molecule has 1 aliphatic rings. The van der Waals surface area contributed by atoms with Crippen molar-refractivity contribution in [3.05, 3.63) is 76.6 Å². The van der Waals surface area contributed by atoms with E-state index >= 15 is 0 Å². The van der Waals surface area contributed by atoms with Gasteiger partial charge in [0.1, 0.15) is 10.8 Å². The second kappa shape index (κ2) is 9.53. The summed E-state index contributed by atoms with van der Waals surface area (Å²) in [5.41, 5.74) is 3.52. The standard InChI is InChI=1S/C24H26N4OS2/c1-18-14-20(26-29-18)17-30-22-8-4-2-6-19(22)15-27-10-12-28(13-11-27)16-24-25-21-7-3-5-9-23(21)31-24/h2-9,14H,10-13,15-17H2,1H3. The number of rotatable bonds is 7. The van der Waals surface area contributed by atoms with Crippen LogP contribution in [0.4, 0.5) is 0 Å². The summed E-state index contributed by atoms with van der Waals surface area (Å²) in [5.74, 6) is 1.71. The van der Waals surface area contributed by atoms with E-state index in [1.807, 2.05) is 36.1 Å². The predicted molar refractivity (Wildman–Crippen MR) is 127 cm³/mol. The summed E-state index contributed by atoms with van der Waals surface area (Å²) in [5, 5.41) is 5.34. The second-order valence-electron chi connectivity index (χ2n) is 7.95. The third-order valence-electron chi connectivity index (χ3n) is 5.58. The molecule has 160 valence electrons. The first-order valence-corrected chi connectivity index (χ1v) is 12.5. The largest absolute Gasteiger partial charge is 0.361 e. The molecule has 2 aromatic carbocycles. The SMILES string of the molecule is Cc1cc(CSc2ccccc2CN2CCN(Cc3nc4ccccc4s3)CC2)no1. The number of thioether (sulfide) groups is 1. The quantitative estimate of drug-likeness (QED) is 0.361. The first-order chi connectivity index (χ1) is 15.2. The zero-order chi connectivity index (χ0) is 21.0. The Kier molecular flexibility index (Phi) is 6.36. The van der Waals surface area contributed by atoms with Crippen LogP contribution in [-0.4, -0.2) is 46.1 Å². The van der Waals surface area contributed by atoms with E-state index in [9.17, 15) is 0 Å². The van der Waals surface area contributed by atoms with Gasteiger partial charge in [-0.25, -0.2) is 4.98 Å². The normalized spacial score (nSPS) is 15.6. The number of thiazole rings is 1. The van der Waals surface area contributed by atoms with Crippen LogP contribution < -0.4 is 0 Å². The van der Waals surface area contributed by atoms with E-state index < -0.39 is 0 Å². The van der Waals surface area contributed by atoms with E-state index in [-0.39, 0.29) is 0 Å². The number of piperazine rings is 1. The van der Waals surface area contributed by atoms with E-state index in [2.05, 4.69) is 63.5 Å². The molecule has 2 aromatic heterocycles. The molecule has 0 atom stereocenters. The average Bonchev–Trinajstić information content (AvgIpc) is 3.39. The molecule has 0 aliphatic carbocycles. The summed E-state index contributed by atoms with van der Waals surface area (Å²) < 4.78 is 6.48. The molecule has 0 unspecified atom stereocenters. The van der Waals surface area contributed by atoms with Gasteiger partial charge in [0, 0.05) is 49.4 Å². The number of fused-ring (bicyclic) bond motifs is 1. The Morgan fingerprint density at radius 2 is 1.71 bits per heavy atom. The zero-order valence-electron chi connectivity index (χ0n) is 17.7. The van der Waals surface area contributed by atoms with E-state index in [4.69, 9.17) is 9.51 Å². The molecule has 4 aromatic rings. The summed E-state index contributed by atoms with van der Waals surface area (Å²) in [7, 11) is 0. The van der Waals surface area contributed by atoms with E-state index in [0.717, 1.165) is 62.0 Å². The molecule has 1 aliphatic heterocycles. The summed E-state index contributed by atoms with van der Waals surface area (Å²) >= 11 is 3.66. The van der Waals surface area contributed by atoms with Crippen LogP contribution in [0, 0.1) is 6.92 Å². The molecule has 0 bridgehead atoms. The van der Waals surface area contributed by atoms with Gasteiger partial charge in [-0.2, -0.15) is 0 Å². The molecule has 5 nitrogen and oxygen atoms in total. The number of hydrogen-bond acceptors (Lipinski definition) is 7. The molecule has 7 heteroatoms. The van der Waals surface area contributed by atoms with Crippen LogP contribution in [0.3, 0.4) is 0 Å². The topological polar surface area (TPSA) is 45.4 Å². The van der Waals surface area contributed by atoms with E-state index in [0.29, 0.717) is 0 Å². The Morgan fingerprint density at radius 3 is 2.48 bits per heavy atom. The molecule has 0 saturated carbocycles. The monoisotopic (exact) mass is 450 g/mol. The minimum absolute atomic E-state index is 0.838. The van der Waals surface area contributed by atoms with Gasteiger partial charge in [-0.05, 0) is 30.7 Å². The van der Waals surface area contributed by atoms with Gasteiger partial charge in [-0.15, -0.1) is 23.1 Å². The zero-order valence-corrected chi connectivity index (χ0v) is 19.3. The van der Waals surface area contributed by atoms with Crippen molar-refractivity contribution in [2.75, 3.05) is 26.2 Å². The van der Waals surface area contributed by atoms with Crippen molar-refractivity contribution in [2.24, 2.45) is 0 Å². The Morgan fingerprint density at radius 1 is 0.968 bits per heavy atom. The molecule has 31 heavy (non-hydrogen) atoms. The lowest BCUT2D eigenvalue weighted by atomic mass is 10.2. The van der Waals surface area contributed by atoms with Gasteiger partial charge in [-0.1, -0.05) is 35.5 Å². The van der Waals surface area contributed by atoms with Crippen LogP contribution in [0.5, 0.6) is 0 Å². The van der Waals surface area contributed by atoms with Gasteiger partial charge in [-0.3, -0.25) is 9.80 Å². The van der Waals surface area contributed by atoms with Gasteiger partial charge < -0.3 is 4.52 Å². The first-order valence-electron chi connectivity index (χ1n) is 10.6. The Balaban J connectivity index is 1.15. The van der Waals surface area contributed by atoms with Crippen molar-refractivity contribution in [1.29, 1.82) is 0 Å². The predicted octanol–water partition coefficient (Wildman–Crippen LogP) is 5.20. The van der Waals surface area contributed by atoms with Crippen molar-refractivity contribution in [3.63, 3.8) is 0 Å². The number of benzene rings is 2. The minimum atomic E-state index is 0.838. The lowest BCUT2D eigenvalue weighted by molar-refractivity contribution is 0.121. The molecule has 0 radical (unpaired) electrons. The third kappa shape index (κ3) is 5.18. The number of aromatic nitrogens is 2. The molecule has 5 rings (SSSR count). The summed E-state index contributed by atoms with van der Waals surface area (Å²) in [4.78, 5) is 11.2. The lowest BCUT2D eigenvalue weighted by Crippen LogP contribution is -2.45. The van der Waals surface area contributed by atoms with E-state index in [1.165, 1.54) is 20.2 Å². The molecular weight excluding hydrogens is 424 g/mol. The molecular formula is C24H26N4OS2. The van der Waals surface area contributed by atoms with Gasteiger partial charge in [0.2, 0.25) is 0 Å². The maximum absolute atomic E-state index is 5.19. The molecule has 1 fully saturated rings. The molecule has 0 amide bonds. The maximum Gasteiger partial charge on any atom is 0.133 e. The highest BCUT2D eigenvalue weighted by Gasteiger charge is 2.19. The molecule has 1 saturated heterocycles. The number of nitrogens with zero attached hydrogens (tertiary/aromatic N) is 4. The molecule has 0 N–H and O–H groups in total. The van der Waals surface area contributed by atoms with Crippen LogP contribution in [-0.2, 0) is 18.8 Å². The second-order valence-corrected chi connectivity index (χ2v) is 10.1. The summed E-state index contributed by atoms with van der Waals surface area (Å²) in [6.45, 7) is 8.24. The van der Waals surface area contributed by atoms with Crippen molar-refractivity contribution in [3.8, 4) is 0 Å².